The first-order chi connectivity index (χ1) is 10.1. The highest BCUT2D eigenvalue weighted by molar-refractivity contribution is 6.30. The molecule has 4 heteroatoms. The van der Waals surface area contributed by atoms with Gasteiger partial charge in [0.2, 0.25) is 5.91 Å². The van der Waals surface area contributed by atoms with Crippen LogP contribution in [0.3, 0.4) is 0 Å². The lowest BCUT2D eigenvalue weighted by Crippen LogP contribution is -2.31. The van der Waals surface area contributed by atoms with Crippen LogP contribution in [0.15, 0.2) is 48.5 Å². The maximum absolute atomic E-state index is 11.8. The van der Waals surface area contributed by atoms with E-state index in [2.05, 4.69) is 22.8 Å². The van der Waals surface area contributed by atoms with Crippen molar-refractivity contribution in [3.8, 4) is 0 Å². The van der Waals surface area contributed by atoms with Gasteiger partial charge in [-0.05, 0) is 42.7 Å². The molecule has 2 aromatic carbocycles. The molecule has 0 aliphatic rings. The smallest absolute Gasteiger partial charge is 0.239 e. The van der Waals surface area contributed by atoms with Crippen molar-refractivity contribution in [3.05, 3.63) is 64.7 Å². The van der Waals surface area contributed by atoms with Crippen molar-refractivity contribution < 1.29 is 4.79 Å². The number of amides is 1. The van der Waals surface area contributed by atoms with Crippen LogP contribution >= 0.6 is 11.6 Å². The molecule has 0 heterocycles. The Morgan fingerprint density at radius 1 is 1.14 bits per heavy atom. The van der Waals surface area contributed by atoms with Crippen LogP contribution in [0, 0.1) is 6.92 Å². The summed E-state index contributed by atoms with van der Waals surface area (Å²) in [5.41, 5.74) is 3.18. The summed E-state index contributed by atoms with van der Waals surface area (Å²) in [7, 11) is 0. The summed E-state index contributed by atoms with van der Waals surface area (Å²) in [6, 6.07) is 15.7. The summed E-state index contributed by atoms with van der Waals surface area (Å²) in [6.07, 6.45) is 0.840. The molecule has 0 atom stereocenters. The number of carbonyl (C=O) groups excluding carboxylic acids is 1. The zero-order valence-electron chi connectivity index (χ0n) is 12.0. The molecule has 2 aromatic rings. The van der Waals surface area contributed by atoms with Gasteiger partial charge in [0, 0.05) is 17.3 Å². The van der Waals surface area contributed by atoms with Gasteiger partial charge in [-0.25, -0.2) is 0 Å². The van der Waals surface area contributed by atoms with Crippen molar-refractivity contribution in [2.24, 2.45) is 0 Å². The normalized spacial score (nSPS) is 10.2. The number of benzene rings is 2. The molecule has 0 saturated heterocycles. The molecule has 0 aliphatic carbocycles. The molecule has 0 fully saturated rings. The molecule has 0 aromatic heterocycles. The van der Waals surface area contributed by atoms with E-state index < -0.39 is 0 Å². The first-order valence-corrected chi connectivity index (χ1v) is 7.33. The third-order valence-electron chi connectivity index (χ3n) is 3.21. The van der Waals surface area contributed by atoms with Crippen LogP contribution in [0.4, 0.5) is 5.69 Å². The van der Waals surface area contributed by atoms with E-state index in [1.54, 1.807) is 0 Å². The lowest BCUT2D eigenvalue weighted by Gasteiger charge is -2.10. The minimum absolute atomic E-state index is 0.0136. The summed E-state index contributed by atoms with van der Waals surface area (Å²) in [5.74, 6) is -0.0136. The molecule has 21 heavy (non-hydrogen) atoms. The lowest BCUT2D eigenvalue weighted by molar-refractivity contribution is -0.119. The van der Waals surface area contributed by atoms with Crippen molar-refractivity contribution in [3.63, 3.8) is 0 Å². The van der Waals surface area contributed by atoms with Gasteiger partial charge in [-0.3, -0.25) is 4.79 Å². The van der Waals surface area contributed by atoms with Crippen LogP contribution in [-0.2, 0) is 11.2 Å². The summed E-state index contributed by atoms with van der Waals surface area (Å²) in [5, 5.41) is 6.72. The Morgan fingerprint density at radius 2 is 1.90 bits per heavy atom. The van der Waals surface area contributed by atoms with Crippen LogP contribution in [0.2, 0.25) is 5.02 Å². The number of halogens is 1. The molecule has 2 rings (SSSR count). The molecule has 2 N–H and O–H groups in total. The standard InChI is InChI=1S/C17H19ClN2O/c1-13-11-15(18)7-8-16(13)20-12-17(21)19-10-9-14-5-3-2-4-6-14/h2-8,11,20H,9-10,12H2,1H3,(H,19,21). The predicted molar refractivity (Wildman–Crippen MR) is 87.8 cm³/mol. The molecule has 1 amide bonds. The highest BCUT2D eigenvalue weighted by Crippen LogP contribution is 2.19. The molecule has 0 aliphatic heterocycles. The zero-order valence-corrected chi connectivity index (χ0v) is 12.8. The number of hydrogen-bond donors (Lipinski definition) is 2. The average molecular weight is 303 g/mol. The molecule has 0 saturated carbocycles. The summed E-state index contributed by atoms with van der Waals surface area (Å²) in [6.45, 7) is 2.86. The third-order valence-corrected chi connectivity index (χ3v) is 3.44. The van der Waals surface area contributed by atoms with Gasteiger partial charge in [0.15, 0.2) is 0 Å². The van der Waals surface area contributed by atoms with Crippen molar-refractivity contribution in [2.45, 2.75) is 13.3 Å². The maximum atomic E-state index is 11.8. The minimum Gasteiger partial charge on any atom is -0.376 e. The Labute approximate surface area is 130 Å². The van der Waals surface area contributed by atoms with Gasteiger partial charge in [-0.2, -0.15) is 0 Å². The second-order valence-corrected chi connectivity index (χ2v) is 5.33. The van der Waals surface area contributed by atoms with Crippen molar-refractivity contribution in [1.29, 1.82) is 0 Å². The molecule has 3 nitrogen and oxygen atoms in total. The fourth-order valence-corrected chi connectivity index (χ4v) is 2.28. The Bertz CT molecular complexity index is 599. The van der Waals surface area contributed by atoms with Gasteiger partial charge >= 0.3 is 0 Å². The van der Waals surface area contributed by atoms with Gasteiger partial charge < -0.3 is 10.6 Å². The van der Waals surface area contributed by atoms with E-state index in [9.17, 15) is 4.79 Å². The van der Waals surface area contributed by atoms with E-state index in [0.29, 0.717) is 11.6 Å². The van der Waals surface area contributed by atoms with Crippen molar-refractivity contribution >= 4 is 23.2 Å². The minimum atomic E-state index is -0.0136. The summed E-state index contributed by atoms with van der Waals surface area (Å²) < 4.78 is 0. The first-order valence-electron chi connectivity index (χ1n) is 6.96. The second kappa shape index (κ2) is 7.70. The molecular weight excluding hydrogens is 284 g/mol. The van der Waals surface area contributed by atoms with Crippen LogP contribution in [0.5, 0.6) is 0 Å². The number of hydrogen-bond acceptors (Lipinski definition) is 2. The van der Waals surface area contributed by atoms with Crippen molar-refractivity contribution in [2.75, 3.05) is 18.4 Å². The molecule has 110 valence electrons. The topological polar surface area (TPSA) is 41.1 Å². The van der Waals surface area contributed by atoms with E-state index >= 15 is 0 Å². The van der Waals surface area contributed by atoms with E-state index in [1.807, 2.05) is 43.3 Å². The maximum Gasteiger partial charge on any atom is 0.239 e. The monoisotopic (exact) mass is 302 g/mol. The molecular formula is C17H19ClN2O. The van der Waals surface area contributed by atoms with Crippen LogP contribution in [0.25, 0.3) is 0 Å². The van der Waals surface area contributed by atoms with Gasteiger partial charge in [0.25, 0.3) is 0 Å². The van der Waals surface area contributed by atoms with Gasteiger partial charge in [-0.1, -0.05) is 41.9 Å². The fourth-order valence-electron chi connectivity index (χ4n) is 2.05. The molecule has 0 bridgehead atoms. The molecule has 0 unspecified atom stereocenters. The molecule has 0 radical (unpaired) electrons. The van der Waals surface area contributed by atoms with Crippen LogP contribution in [0.1, 0.15) is 11.1 Å². The fraction of sp³-hybridized carbons (Fsp3) is 0.235. The first kappa shape index (κ1) is 15.4. The Kier molecular flexibility index (Phi) is 5.64. The number of carbonyl (C=O) groups is 1. The number of rotatable bonds is 6. The Morgan fingerprint density at radius 3 is 2.62 bits per heavy atom. The summed E-state index contributed by atoms with van der Waals surface area (Å²) >= 11 is 5.90. The quantitative estimate of drug-likeness (QED) is 0.858. The molecule has 0 spiro atoms. The largest absolute Gasteiger partial charge is 0.376 e. The van der Waals surface area contributed by atoms with Crippen molar-refractivity contribution in [1.82, 2.24) is 5.32 Å². The number of aryl methyl sites for hydroxylation is 1. The van der Waals surface area contributed by atoms with E-state index in [0.717, 1.165) is 17.7 Å². The SMILES string of the molecule is Cc1cc(Cl)ccc1NCC(=O)NCCc1ccccc1. The highest BCUT2D eigenvalue weighted by Gasteiger charge is 2.03. The van der Waals surface area contributed by atoms with Crippen LogP contribution < -0.4 is 10.6 Å². The third kappa shape index (κ3) is 5.12. The van der Waals surface area contributed by atoms with Gasteiger partial charge in [0.05, 0.1) is 6.54 Å². The van der Waals surface area contributed by atoms with E-state index in [-0.39, 0.29) is 12.5 Å². The van der Waals surface area contributed by atoms with E-state index in [1.165, 1.54) is 5.56 Å². The number of anilines is 1. The van der Waals surface area contributed by atoms with Gasteiger partial charge in [-0.15, -0.1) is 0 Å². The predicted octanol–water partition coefficient (Wildman–Crippen LogP) is 3.42. The highest BCUT2D eigenvalue weighted by atomic mass is 35.5. The number of nitrogens with one attached hydrogen (secondary N) is 2. The lowest BCUT2D eigenvalue weighted by atomic mass is 10.1. The Hall–Kier alpha value is -2.00. The van der Waals surface area contributed by atoms with Crippen LogP contribution in [-0.4, -0.2) is 19.0 Å². The Balaban J connectivity index is 1.72. The summed E-state index contributed by atoms with van der Waals surface area (Å²) in [4.78, 5) is 11.8. The zero-order chi connectivity index (χ0) is 15.1. The second-order valence-electron chi connectivity index (χ2n) is 4.90. The van der Waals surface area contributed by atoms with E-state index in [4.69, 9.17) is 11.6 Å². The average Bonchev–Trinajstić information content (AvgIpc) is 2.47. The van der Waals surface area contributed by atoms with Gasteiger partial charge in [0.1, 0.15) is 0 Å².